The SMILES string of the molecule is O=[N+]([O-])c1ccc(F)cc1COc1ccc(F)nc1. The Hall–Kier alpha value is -2.57. The van der Waals surface area contributed by atoms with Crippen molar-refractivity contribution in [2.24, 2.45) is 0 Å². The monoisotopic (exact) mass is 266 g/mol. The molecule has 0 amide bonds. The fraction of sp³-hybridized carbons (Fsp3) is 0.0833. The highest BCUT2D eigenvalue weighted by Crippen LogP contribution is 2.21. The highest BCUT2D eigenvalue weighted by molar-refractivity contribution is 5.40. The summed E-state index contributed by atoms with van der Waals surface area (Å²) >= 11 is 0. The minimum Gasteiger partial charge on any atom is -0.487 e. The molecule has 0 spiro atoms. The molecule has 0 atom stereocenters. The third-order valence-electron chi connectivity index (χ3n) is 2.33. The van der Waals surface area contributed by atoms with Gasteiger partial charge in [0.15, 0.2) is 0 Å². The smallest absolute Gasteiger partial charge is 0.276 e. The maximum Gasteiger partial charge on any atom is 0.276 e. The van der Waals surface area contributed by atoms with Crippen molar-refractivity contribution in [2.75, 3.05) is 0 Å². The second-order valence-corrected chi connectivity index (χ2v) is 3.64. The number of pyridine rings is 1. The maximum absolute atomic E-state index is 13.0. The van der Waals surface area contributed by atoms with E-state index in [9.17, 15) is 18.9 Å². The molecular formula is C12H8F2N2O3. The van der Waals surface area contributed by atoms with Gasteiger partial charge in [-0.1, -0.05) is 0 Å². The molecule has 0 bridgehead atoms. The van der Waals surface area contributed by atoms with E-state index in [2.05, 4.69) is 4.98 Å². The highest BCUT2D eigenvalue weighted by atomic mass is 19.1. The summed E-state index contributed by atoms with van der Waals surface area (Å²) in [4.78, 5) is 13.5. The molecule has 98 valence electrons. The Morgan fingerprint density at radius 1 is 1.26 bits per heavy atom. The van der Waals surface area contributed by atoms with Crippen LogP contribution in [0, 0.1) is 21.9 Å². The first-order valence-corrected chi connectivity index (χ1v) is 5.23. The summed E-state index contributed by atoms with van der Waals surface area (Å²) in [7, 11) is 0. The van der Waals surface area contributed by atoms with Gasteiger partial charge in [-0.15, -0.1) is 0 Å². The van der Waals surface area contributed by atoms with Gasteiger partial charge in [0.05, 0.1) is 16.7 Å². The van der Waals surface area contributed by atoms with Gasteiger partial charge in [0.1, 0.15) is 18.2 Å². The van der Waals surface area contributed by atoms with Crippen LogP contribution >= 0.6 is 0 Å². The Bertz CT molecular complexity index is 602. The predicted octanol–water partition coefficient (Wildman–Crippen LogP) is 2.85. The zero-order valence-corrected chi connectivity index (χ0v) is 9.55. The van der Waals surface area contributed by atoms with Gasteiger partial charge in [0, 0.05) is 6.07 Å². The average Bonchev–Trinajstić information content (AvgIpc) is 2.38. The first-order valence-electron chi connectivity index (χ1n) is 5.23. The van der Waals surface area contributed by atoms with Gasteiger partial charge in [-0.25, -0.2) is 9.37 Å². The lowest BCUT2D eigenvalue weighted by Gasteiger charge is -2.06. The van der Waals surface area contributed by atoms with Gasteiger partial charge in [-0.05, 0) is 24.3 Å². The van der Waals surface area contributed by atoms with E-state index in [1.165, 1.54) is 6.07 Å². The van der Waals surface area contributed by atoms with E-state index in [1.807, 2.05) is 0 Å². The van der Waals surface area contributed by atoms with Crippen LogP contribution in [0.25, 0.3) is 0 Å². The zero-order valence-electron chi connectivity index (χ0n) is 9.55. The van der Waals surface area contributed by atoms with Gasteiger partial charge >= 0.3 is 0 Å². The molecular weight excluding hydrogens is 258 g/mol. The molecule has 0 N–H and O–H groups in total. The van der Waals surface area contributed by atoms with Crippen molar-refractivity contribution in [1.82, 2.24) is 4.98 Å². The van der Waals surface area contributed by atoms with Crippen molar-refractivity contribution in [3.63, 3.8) is 0 Å². The van der Waals surface area contributed by atoms with Crippen LogP contribution in [-0.2, 0) is 6.61 Å². The second-order valence-electron chi connectivity index (χ2n) is 3.64. The first kappa shape index (κ1) is 12.9. The molecule has 19 heavy (non-hydrogen) atoms. The molecule has 0 saturated heterocycles. The normalized spacial score (nSPS) is 10.2. The van der Waals surface area contributed by atoms with Crippen molar-refractivity contribution >= 4 is 5.69 Å². The van der Waals surface area contributed by atoms with Crippen LogP contribution in [0.2, 0.25) is 0 Å². The number of nitrogens with zero attached hydrogens (tertiary/aromatic N) is 2. The number of benzene rings is 1. The number of hydrogen-bond acceptors (Lipinski definition) is 4. The summed E-state index contributed by atoms with van der Waals surface area (Å²) in [6.07, 6.45) is 1.14. The Morgan fingerprint density at radius 3 is 2.68 bits per heavy atom. The molecule has 0 fully saturated rings. The summed E-state index contributed by atoms with van der Waals surface area (Å²) in [5.41, 5.74) is -0.147. The molecule has 5 nitrogen and oxygen atoms in total. The van der Waals surface area contributed by atoms with Gasteiger partial charge < -0.3 is 4.74 Å². The van der Waals surface area contributed by atoms with Gasteiger partial charge in [0.2, 0.25) is 5.95 Å². The molecule has 0 aliphatic carbocycles. The number of nitro groups is 1. The number of halogens is 2. The Balaban J connectivity index is 2.16. The summed E-state index contributed by atoms with van der Waals surface area (Å²) in [5.74, 6) is -1.02. The van der Waals surface area contributed by atoms with Crippen molar-refractivity contribution in [2.45, 2.75) is 6.61 Å². The van der Waals surface area contributed by atoms with Crippen molar-refractivity contribution in [3.8, 4) is 5.75 Å². The number of ether oxygens (including phenoxy) is 1. The average molecular weight is 266 g/mol. The molecule has 2 aromatic rings. The van der Waals surface area contributed by atoms with Crippen molar-refractivity contribution in [1.29, 1.82) is 0 Å². The maximum atomic E-state index is 13.0. The Morgan fingerprint density at radius 2 is 2.05 bits per heavy atom. The zero-order chi connectivity index (χ0) is 13.8. The van der Waals surface area contributed by atoms with E-state index in [0.29, 0.717) is 0 Å². The minimum absolute atomic E-state index is 0.0920. The largest absolute Gasteiger partial charge is 0.487 e. The molecule has 0 aliphatic heterocycles. The van der Waals surface area contributed by atoms with Crippen LogP contribution in [0.15, 0.2) is 36.5 Å². The van der Waals surface area contributed by atoms with Gasteiger partial charge in [0.25, 0.3) is 5.69 Å². The van der Waals surface area contributed by atoms with Crippen LogP contribution in [0.3, 0.4) is 0 Å². The van der Waals surface area contributed by atoms with Crippen molar-refractivity contribution < 1.29 is 18.4 Å². The summed E-state index contributed by atoms with van der Waals surface area (Å²) in [6, 6.07) is 5.51. The Labute approximate surface area is 106 Å². The number of rotatable bonds is 4. The fourth-order valence-electron chi connectivity index (χ4n) is 1.46. The van der Waals surface area contributed by atoms with Gasteiger partial charge in [-0.2, -0.15) is 4.39 Å². The number of nitro benzene ring substituents is 1. The van der Waals surface area contributed by atoms with E-state index >= 15 is 0 Å². The van der Waals surface area contributed by atoms with Crippen LogP contribution in [0.1, 0.15) is 5.56 Å². The second kappa shape index (κ2) is 5.38. The van der Waals surface area contributed by atoms with E-state index in [4.69, 9.17) is 4.74 Å². The Kier molecular flexibility index (Phi) is 3.65. The molecule has 1 aromatic heterocycles. The number of aromatic nitrogens is 1. The van der Waals surface area contributed by atoms with Crippen LogP contribution in [-0.4, -0.2) is 9.91 Å². The predicted molar refractivity (Wildman–Crippen MR) is 61.6 cm³/mol. The molecule has 7 heteroatoms. The third kappa shape index (κ3) is 3.21. The molecule has 1 heterocycles. The first-order chi connectivity index (χ1) is 9.06. The molecule has 1 aromatic carbocycles. The fourth-order valence-corrected chi connectivity index (χ4v) is 1.46. The molecule has 0 radical (unpaired) electrons. The van der Waals surface area contributed by atoms with Crippen LogP contribution in [0.5, 0.6) is 5.75 Å². The quantitative estimate of drug-likeness (QED) is 0.485. The molecule has 0 unspecified atom stereocenters. The molecule has 0 saturated carbocycles. The summed E-state index contributed by atoms with van der Waals surface area (Å²) in [6.45, 7) is -0.207. The van der Waals surface area contributed by atoms with E-state index in [0.717, 1.165) is 30.5 Å². The standard InChI is InChI=1S/C12H8F2N2O3/c13-9-1-3-11(16(17)18)8(5-9)7-19-10-2-4-12(14)15-6-10/h1-6H,7H2. The highest BCUT2D eigenvalue weighted by Gasteiger charge is 2.14. The van der Waals surface area contributed by atoms with E-state index in [-0.39, 0.29) is 23.6 Å². The number of hydrogen-bond donors (Lipinski definition) is 0. The molecule has 2 rings (SSSR count). The van der Waals surface area contributed by atoms with E-state index in [1.54, 1.807) is 0 Å². The van der Waals surface area contributed by atoms with Crippen LogP contribution in [0.4, 0.5) is 14.5 Å². The minimum atomic E-state index is -0.663. The third-order valence-corrected chi connectivity index (χ3v) is 2.33. The van der Waals surface area contributed by atoms with E-state index < -0.39 is 16.7 Å². The molecule has 0 aliphatic rings. The lowest BCUT2D eigenvalue weighted by molar-refractivity contribution is -0.385. The topological polar surface area (TPSA) is 65.3 Å². The lowest BCUT2D eigenvalue weighted by atomic mass is 10.2. The lowest BCUT2D eigenvalue weighted by Crippen LogP contribution is -2.01. The van der Waals surface area contributed by atoms with Gasteiger partial charge in [-0.3, -0.25) is 10.1 Å². The summed E-state index contributed by atoms with van der Waals surface area (Å²) < 4.78 is 30.8. The van der Waals surface area contributed by atoms with Crippen LogP contribution < -0.4 is 4.74 Å². The summed E-state index contributed by atoms with van der Waals surface area (Å²) in [5, 5.41) is 10.8. The van der Waals surface area contributed by atoms with Crippen molar-refractivity contribution in [3.05, 3.63) is 64.0 Å².